The van der Waals surface area contributed by atoms with Crippen molar-refractivity contribution < 1.29 is 24.5 Å². The lowest BCUT2D eigenvalue weighted by atomic mass is 10.0. The zero-order chi connectivity index (χ0) is 66.3. The molecular weight excluding hydrogens is 1130 g/mol. The summed E-state index contributed by atoms with van der Waals surface area (Å²) >= 11 is 0. The van der Waals surface area contributed by atoms with Gasteiger partial charge in [0.2, 0.25) is 5.91 Å². The maximum absolute atomic E-state index is 12.6. The molecule has 92 heavy (non-hydrogen) atoms. The molecule has 0 fully saturated rings. The van der Waals surface area contributed by atoms with Gasteiger partial charge in [-0.1, -0.05) is 469 Å². The highest BCUT2D eigenvalue weighted by Gasteiger charge is 2.18. The molecule has 0 aromatic heterocycles. The Kier molecular flexibility index (Phi) is 80.8. The van der Waals surface area contributed by atoms with Crippen LogP contribution in [0.1, 0.15) is 502 Å². The van der Waals surface area contributed by atoms with Crippen molar-refractivity contribution in [3.05, 3.63) is 12.2 Å². The van der Waals surface area contributed by atoms with Gasteiger partial charge in [0.25, 0.3) is 0 Å². The van der Waals surface area contributed by atoms with Crippen LogP contribution in [-0.2, 0) is 14.3 Å². The van der Waals surface area contributed by atoms with Crippen LogP contribution in [0.4, 0.5) is 0 Å². The molecule has 0 aromatic rings. The Morgan fingerprint density at radius 2 is 0.500 bits per heavy atom. The van der Waals surface area contributed by atoms with Crippen LogP contribution in [0.25, 0.3) is 0 Å². The number of rotatable bonds is 82. The lowest BCUT2D eigenvalue weighted by Crippen LogP contribution is -2.45. The fourth-order valence-corrected chi connectivity index (χ4v) is 14.1. The fourth-order valence-electron chi connectivity index (χ4n) is 14.1. The average molecular weight is 1300 g/mol. The number of hydrogen-bond acceptors (Lipinski definition) is 5. The second kappa shape index (κ2) is 82.0. The molecule has 0 bridgehead atoms. The number of carbonyl (C=O) groups excluding carboxylic acids is 2. The number of carbonyl (C=O) groups is 2. The van der Waals surface area contributed by atoms with Crippen molar-refractivity contribution in [2.45, 2.75) is 514 Å². The van der Waals surface area contributed by atoms with Crippen LogP contribution in [0.5, 0.6) is 0 Å². The van der Waals surface area contributed by atoms with E-state index in [1.807, 2.05) is 6.08 Å². The lowest BCUT2D eigenvalue weighted by molar-refractivity contribution is -0.143. The summed E-state index contributed by atoms with van der Waals surface area (Å²) in [4.78, 5) is 24.6. The van der Waals surface area contributed by atoms with Crippen LogP contribution in [0.15, 0.2) is 12.2 Å². The van der Waals surface area contributed by atoms with E-state index in [1.165, 1.54) is 437 Å². The molecule has 2 atom stereocenters. The van der Waals surface area contributed by atoms with Crippen molar-refractivity contribution in [3.8, 4) is 0 Å². The van der Waals surface area contributed by atoms with Crippen LogP contribution >= 0.6 is 0 Å². The highest BCUT2D eigenvalue weighted by atomic mass is 16.5. The summed E-state index contributed by atoms with van der Waals surface area (Å²) in [7, 11) is 0. The molecule has 1 amide bonds. The van der Waals surface area contributed by atoms with E-state index in [1.54, 1.807) is 6.08 Å². The summed E-state index contributed by atoms with van der Waals surface area (Å²) in [5.41, 5.74) is 0. The molecule has 0 saturated heterocycles. The second-order valence-corrected chi connectivity index (χ2v) is 29.9. The summed E-state index contributed by atoms with van der Waals surface area (Å²) in [6.45, 7) is 4.97. The van der Waals surface area contributed by atoms with Crippen molar-refractivity contribution in [1.29, 1.82) is 0 Å². The van der Waals surface area contributed by atoms with Gasteiger partial charge in [0, 0.05) is 12.8 Å². The second-order valence-electron chi connectivity index (χ2n) is 29.9. The molecule has 0 heterocycles. The van der Waals surface area contributed by atoms with Crippen molar-refractivity contribution in [2.24, 2.45) is 0 Å². The molecular formula is C86H169NO5. The molecule has 6 heteroatoms. The molecule has 0 aliphatic carbocycles. The number of allylic oxidation sites excluding steroid dienone is 1. The number of hydrogen-bond donors (Lipinski definition) is 3. The number of esters is 1. The van der Waals surface area contributed by atoms with E-state index in [2.05, 4.69) is 19.2 Å². The topological polar surface area (TPSA) is 95.9 Å². The fraction of sp³-hybridized carbons (Fsp3) is 0.953. The molecule has 3 N–H and O–H groups in total. The summed E-state index contributed by atoms with van der Waals surface area (Å²) in [5, 5.41) is 23.3. The Morgan fingerprint density at radius 1 is 0.293 bits per heavy atom. The van der Waals surface area contributed by atoms with E-state index in [4.69, 9.17) is 4.74 Å². The predicted molar refractivity (Wildman–Crippen MR) is 407 cm³/mol. The van der Waals surface area contributed by atoms with Gasteiger partial charge >= 0.3 is 5.97 Å². The molecule has 6 nitrogen and oxygen atoms in total. The van der Waals surface area contributed by atoms with Gasteiger partial charge in [-0.05, 0) is 32.1 Å². The van der Waals surface area contributed by atoms with Crippen LogP contribution < -0.4 is 5.32 Å². The minimum absolute atomic E-state index is 0.0248. The first-order valence-corrected chi connectivity index (χ1v) is 43.0. The Bertz CT molecular complexity index is 1400. The molecule has 0 aromatic carbocycles. The summed E-state index contributed by atoms with van der Waals surface area (Å²) in [6, 6.07) is -0.624. The van der Waals surface area contributed by atoms with Gasteiger partial charge in [-0.25, -0.2) is 0 Å². The van der Waals surface area contributed by atoms with E-state index in [0.717, 1.165) is 38.5 Å². The van der Waals surface area contributed by atoms with E-state index >= 15 is 0 Å². The van der Waals surface area contributed by atoms with Gasteiger partial charge in [0.15, 0.2) is 0 Å². The average Bonchev–Trinajstić information content (AvgIpc) is 3.77. The van der Waals surface area contributed by atoms with Crippen molar-refractivity contribution in [2.75, 3.05) is 13.2 Å². The zero-order valence-electron chi connectivity index (χ0n) is 63.1. The molecule has 0 rings (SSSR count). The molecule has 0 aliphatic rings. The quantitative estimate of drug-likeness (QED) is 0.0320. The minimum Gasteiger partial charge on any atom is -0.466 e. The molecule has 2 unspecified atom stereocenters. The highest BCUT2D eigenvalue weighted by molar-refractivity contribution is 5.76. The molecule has 548 valence electrons. The van der Waals surface area contributed by atoms with Crippen LogP contribution in [0.2, 0.25) is 0 Å². The van der Waals surface area contributed by atoms with E-state index in [9.17, 15) is 19.8 Å². The van der Waals surface area contributed by atoms with Gasteiger partial charge < -0.3 is 20.3 Å². The van der Waals surface area contributed by atoms with Crippen molar-refractivity contribution >= 4 is 11.9 Å². The number of unbranched alkanes of at least 4 members (excludes halogenated alkanes) is 71. The van der Waals surface area contributed by atoms with E-state index in [0.29, 0.717) is 19.4 Å². The first-order chi connectivity index (χ1) is 45.5. The predicted octanol–water partition coefficient (Wildman–Crippen LogP) is 28.6. The highest BCUT2D eigenvalue weighted by Crippen LogP contribution is 2.21. The third-order valence-electron chi connectivity index (χ3n) is 20.6. The monoisotopic (exact) mass is 1300 g/mol. The Labute approximate surface area is 578 Å². The summed E-state index contributed by atoms with van der Waals surface area (Å²) < 4.78 is 5.49. The largest absolute Gasteiger partial charge is 0.466 e. The van der Waals surface area contributed by atoms with Gasteiger partial charge in [-0.3, -0.25) is 9.59 Å². The molecule has 0 saturated carbocycles. The first-order valence-electron chi connectivity index (χ1n) is 43.0. The smallest absolute Gasteiger partial charge is 0.305 e. The standard InChI is InChI=1S/C86H169NO5/c1-3-5-7-9-11-13-15-16-17-18-19-20-21-37-40-43-46-49-52-55-59-62-66-70-74-78-84(89)83(82-88)87-85(90)79-75-71-67-63-60-56-53-50-47-44-41-38-35-33-31-29-27-25-23-22-24-26-28-30-32-34-36-39-42-45-48-51-54-57-61-65-69-73-77-81-92-86(91)80-76-72-68-64-58-14-12-10-8-6-4-2/h74,78,83-84,88-89H,3-73,75-77,79-82H2,1-2H3,(H,87,90)/b78-74+. The maximum atomic E-state index is 12.6. The SMILES string of the molecule is CCCCCCCCCCCCCCCCCCCCCCCCC/C=C/C(O)C(CO)NC(=O)CCCCCCCCCCCCCCCCCCCCCCCCCCCCCCCCCCCCCCCCCOC(=O)CCCCCCCCCCCCC. The Balaban J connectivity index is 3.32. The minimum atomic E-state index is -0.841. The van der Waals surface area contributed by atoms with E-state index < -0.39 is 12.1 Å². The third kappa shape index (κ3) is 77.6. The number of aliphatic hydroxyl groups excluding tert-OH is 2. The molecule has 0 spiro atoms. The van der Waals surface area contributed by atoms with E-state index in [-0.39, 0.29) is 18.5 Å². The van der Waals surface area contributed by atoms with Gasteiger partial charge in [0.1, 0.15) is 0 Å². The Morgan fingerprint density at radius 3 is 0.739 bits per heavy atom. The summed E-state index contributed by atoms with van der Waals surface area (Å²) in [5.74, 6) is -0.0308. The van der Waals surface area contributed by atoms with Crippen LogP contribution in [-0.4, -0.2) is 47.4 Å². The molecule has 0 aliphatic heterocycles. The number of aliphatic hydroxyl groups is 2. The van der Waals surface area contributed by atoms with Gasteiger partial charge in [-0.2, -0.15) is 0 Å². The zero-order valence-corrected chi connectivity index (χ0v) is 63.1. The van der Waals surface area contributed by atoms with Crippen LogP contribution in [0, 0.1) is 0 Å². The number of nitrogens with one attached hydrogen (secondary N) is 1. The normalized spacial score (nSPS) is 12.4. The summed E-state index contributed by atoms with van der Waals surface area (Å²) in [6.07, 6.45) is 105. The van der Waals surface area contributed by atoms with Crippen molar-refractivity contribution in [1.82, 2.24) is 5.32 Å². The number of amides is 1. The van der Waals surface area contributed by atoms with Crippen molar-refractivity contribution in [3.63, 3.8) is 0 Å². The first kappa shape index (κ1) is 90.6. The van der Waals surface area contributed by atoms with Gasteiger partial charge in [0.05, 0.1) is 25.4 Å². The maximum Gasteiger partial charge on any atom is 0.305 e. The number of ether oxygens (including phenoxy) is 1. The van der Waals surface area contributed by atoms with Crippen LogP contribution in [0.3, 0.4) is 0 Å². The molecule has 0 radical (unpaired) electrons. The Hall–Kier alpha value is -1.40. The van der Waals surface area contributed by atoms with Gasteiger partial charge in [-0.15, -0.1) is 0 Å². The lowest BCUT2D eigenvalue weighted by Gasteiger charge is -2.20. The third-order valence-corrected chi connectivity index (χ3v) is 20.6.